The molecular formula is C25H20ClN3O2S. The first-order chi connectivity index (χ1) is 15.3. The number of aromatic nitrogens is 3. The highest BCUT2D eigenvalue weighted by Gasteiger charge is 2.20. The van der Waals surface area contributed by atoms with E-state index in [-0.39, 0.29) is 6.42 Å². The maximum atomic E-state index is 11.6. The predicted molar refractivity (Wildman–Crippen MR) is 131 cm³/mol. The lowest BCUT2D eigenvalue weighted by atomic mass is 9.93. The molecule has 1 N–H and O–H groups in total. The number of thiazole rings is 1. The van der Waals surface area contributed by atoms with Gasteiger partial charge < -0.3 is 9.67 Å². The van der Waals surface area contributed by atoms with Gasteiger partial charge in [0.1, 0.15) is 10.8 Å². The minimum atomic E-state index is -0.857. The zero-order valence-electron chi connectivity index (χ0n) is 17.8. The molecule has 0 bridgehead atoms. The molecule has 0 aliphatic carbocycles. The van der Waals surface area contributed by atoms with Crippen LogP contribution < -0.4 is 0 Å². The molecule has 0 saturated carbocycles. The van der Waals surface area contributed by atoms with Gasteiger partial charge in [-0.1, -0.05) is 23.7 Å². The van der Waals surface area contributed by atoms with Crippen LogP contribution in [-0.4, -0.2) is 25.6 Å². The van der Waals surface area contributed by atoms with Crippen LogP contribution in [0.3, 0.4) is 0 Å². The van der Waals surface area contributed by atoms with Crippen molar-refractivity contribution < 1.29 is 9.90 Å². The predicted octanol–water partition coefficient (Wildman–Crippen LogP) is 6.41. The van der Waals surface area contributed by atoms with Gasteiger partial charge >= 0.3 is 5.97 Å². The van der Waals surface area contributed by atoms with Crippen LogP contribution in [0.5, 0.6) is 0 Å². The number of carbonyl (C=O) groups is 1. The number of hydrogen-bond donors (Lipinski definition) is 1. The van der Waals surface area contributed by atoms with Gasteiger partial charge in [-0.2, -0.15) is 0 Å². The van der Waals surface area contributed by atoms with Crippen molar-refractivity contribution in [1.29, 1.82) is 0 Å². The van der Waals surface area contributed by atoms with E-state index < -0.39 is 5.97 Å². The molecule has 0 saturated heterocycles. The second-order valence-corrected chi connectivity index (χ2v) is 9.35. The van der Waals surface area contributed by atoms with E-state index >= 15 is 0 Å². The standard InChI is InChI=1S/C25H20ClN3O2S/c1-13-10-20-24(23(18(13)12-22(30)31)15-4-7-17(26)8-5-15)32-25(28-20)16-6-9-19-21(11-16)29(3)14(2)27-19/h4-11H,12H2,1-3H3,(H,30,31). The number of imidazole rings is 1. The van der Waals surface area contributed by atoms with E-state index in [9.17, 15) is 9.90 Å². The third-order valence-electron chi connectivity index (χ3n) is 5.82. The van der Waals surface area contributed by atoms with Gasteiger partial charge in [-0.3, -0.25) is 4.79 Å². The summed E-state index contributed by atoms with van der Waals surface area (Å²) in [5.41, 5.74) is 7.47. The van der Waals surface area contributed by atoms with Crippen molar-refractivity contribution in [3.63, 3.8) is 0 Å². The maximum absolute atomic E-state index is 11.6. The molecule has 5 rings (SSSR count). The summed E-state index contributed by atoms with van der Waals surface area (Å²) in [6, 6.07) is 15.7. The molecule has 0 amide bonds. The Morgan fingerprint density at radius 2 is 1.75 bits per heavy atom. The van der Waals surface area contributed by atoms with E-state index in [4.69, 9.17) is 16.6 Å². The van der Waals surface area contributed by atoms with E-state index in [2.05, 4.69) is 15.6 Å². The fourth-order valence-corrected chi connectivity index (χ4v) is 5.36. The Morgan fingerprint density at radius 1 is 1.03 bits per heavy atom. The molecule has 0 unspecified atom stereocenters. The first kappa shape index (κ1) is 20.7. The summed E-state index contributed by atoms with van der Waals surface area (Å²) in [5, 5.41) is 11.1. The average Bonchev–Trinajstić information content (AvgIpc) is 3.29. The SMILES string of the molecule is Cc1cc2nc(-c3ccc4nc(C)n(C)c4c3)sc2c(-c2ccc(Cl)cc2)c1CC(=O)O. The summed E-state index contributed by atoms with van der Waals surface area (Å²) in [6.45, 7) is 3.93. The second kappa shape index (κ2) is 7.73. The minimum Gasteiger partial charge on any atom is -0.481 e. The van der Waals surface area contributed by atoms with Gasteiger partial charge in [0.15, 0.2) is 0 Å². The van der Waals surface area contributed by atoms with E-state index in [1.165, 1.54) is 0 Å². The molecule has 32 heavy (non-hydrogen) atoms. The van der Waals surface area contributed by atoms with Gasteiger partial charge in [0, 0.05) is 23.2 Å². The quantitative estimate of drug-likeness (QED) is 0.335. The third-order valence-corrected chi connectivity index (χ3v) is 7.21. The molecule has 0 fully saturated rings. The number of nitrogens with zero attached hydrogens (tertiary/aromatic N) is 3. The summed E-state index contributed by atoms with van der Waals surface area (Å²) in [4.78, 5) is 21.1. The molecular weight excluding hydrogens is 442 g/mol. The van der Waals surface area contributed by atoms with Crippen molar-refractivity contribution in [3.8, 4) is 21.7 Å². The van der Waals surface area contributed by atoms with Crippen LogP contribution in [-0.2, 0) is 18.3 Å². The molecule has 160 valence electrons. The number of carboxylic acid groups (broad SMARTS) is 1. The first-order valence-electron chi connectivity index (χ1n) is 10.2. The van der Waals surface area contributed by atoms with Crippen molar-refractivity contribution in [3.05, 3.63) is 70.5 Å². The van der Waals surface area contributed by atoms with Crippen molar-refractivity contribution in [2.45, 2.75) is 20.3 Å². The van der Waals surface area contributed by atoms with E-state index in [1.54, 1.807) is 11.3 Å². The smallest absolute Gasteiger partial charge is 0.307 e. The normalized spacial score (nSPS) is 11.5. The summed E-state index contributed by atoms with van der Waals surface area (Å²) in [5.74, 6) is 0.102. The first-order valence-corrected chi connectivity index (χ1v) is 11.4. The van der Waals surface area contributed by atoms with Gasteiger partial charge in [0.05, 0.1) is 27.7 Å². The van der Waals surface area contributed by atoms with Crippen LogP contribution in [0.4, 0.5) is 0 Å². The summed E-state index contributed by atoms with van der Waals surface area (Å²) >= 11 is 7.69. The number of rotatable bonds is 4. The van der Waals surface area contributed by atoms with Crippen molar-refractivity contribution in [1.82, 2.24) is 14.5 Å². The summed E-state index contributed by atoms with van der Waals surface area (Å²) < 4.78 is 3.05. The molecule has 3 aromatic carbocycles. The Balaban J connectivity index is 1.76. The van der Waals surface area contributed by atoms with Gasteiger partial charge in [0.2, 0.25) is 0 Å². The fourth-order valence-electron chi connectivity index (χ4n) is 4.10. The van der Waals surface area contributed by atoms with Crippen LogP contribution in [0, 0.1) is 13.8 Å². The maximum Gasteiger partial charge on any atom is 0.307 e. The molecule has 2 aromatic heterocycles. The number of aliphatic carboxylic acids is 1. The highest BCUT2D eigenvalue weighted by molar-refractivity contribution is 7.22. The minimum absolute atomic E-state index is 0.0484. The Hall–Kier alpha value is -3.22. The zero-order valence-corrected chi connectivity index (χ0v) is 19.4. The van der Waals surface area contributed by atoms with Crippen LogP contribution >= 0.6 is 22.9 Å². The van der Waals surface area contributed by atoms with E-state index in [0.29, 0.717) is 5.02 Å². The molecule has 0 aliphatic heterocycles. The summed E-state index contributed by atoms with van der Waals surface area (Å²) in [6.07, 6.45) is -0.0484. The monoisotopic (exact) mass is 461 g/mol. The Kier molecular flexibility index (Phi) is 4.99. The Morgan fingerprint density at radius 3 is 2.47 bits per heavy atom. The number of benzene rings is 3. The number of fused-ring (bicyclic) bond motifs is 2. The molecule has 0 spiro atoms. The second-order valence-electron chi connectivity index (χ2n) is 7.91. The van der Waals surface area contributed by atoms with Crippen molar-refractivity contribution in [2.75, 3.05) is 0 Å². The van der Waals surface area contributed by atoms with Gasteiger partial charge in [0.25, 0.3) is 0 Å². The Labute approximate surface area is 193 Å². The largest absolute Gasteiger partial charge is 0.481 e. The topological polar surface area (TPSA) is 68.0 Å². The highest BCUT2D eigenvalue weighted by Crippen LogP contribution is 2.41. The molecule has 5 aromatic rings. The van der Waals surface area contributed by atoms with Gasteiger partial charge in [-0.05, 0) is 66.9 Å². The average molecular weight is 462 g/mol. The van der Waals surface area contributed by atoms with Gasteiger partial charge in [-0.25, -0.2) is 9.97 Å². The van der Waals surface area contributed by atoms with Crippen LogP contribution in [0.25, 0.3) is 42.9 Å². The van der Waals surface area contributed by atoms with Crippen molar-refractivity contribution >= 4 is 50.2 Å². The fraction of sp³-hybridized carbons (Fsp3) is 0.160. The van der Waals surface area contributed by atoms with Gasteiger partial charge in [-0.15, -0.1) is 11.3 Å². The van der Waals surface area contributed by atoms with E-state index in [1.807, 2.05) is 63.4 Å². The van der Waals surface area contributed by atoms with Crippen molar-refractivity contribution in [2.24, 2.45) is 7.05 Å². The zero-order chi connectivity index (χ0) is 22.6. The van der Waals surface area contributed by atoms with E-state index in [0.717, 1.165) is 59.9 Å². The lowest BCUT2D eigenvalue weighted by molar-refractivity contribution is -0.136. The Bertz CT molecular complexity index is 1520. The lowest BCUT2D eigenvalue weighted by Gasteiger charge is -2.13. The molecule has 5 nitrogen and oxygen atoms in total. The molecule has 0 atom stereocenters. The molecule has 2 heterocycles. The van der Waals surface area contributed by atoms with Crippen LogP contribution in [0.1, 0.15) is 17.0 Å². The molecule has 0 aliphatic rings. The van der Waals surface area contributed by atoms with Crippen LogP contribution in [0.2, 0.25) is 5.02 Å². The highest BCUT2D eigenvalue weighted by atomic mass is 35.5. The number of aryl methyl sites for hydroxylation is 3. The number of halogens is 1. The number of carboxylic acids is 1. The molecule has 0 radical (unpaired) electrons. The summed E-state index contributed by atoms with van der Waals surface area (Å²) in [7, 11) is 2.01. The van der Waals surface area contributed by atoms with Crippen LogP contribution in [0.15, 0.2) is 48.5 Å². The molecule has 7 heteroatoms. The lowest BCUT2D eigenvalue weighted by Crippen LogP contribution is -2.04. The third kappa shape index (κ3) is 3.45. The number of hydrogen-bond acceptors (Lipinski definition) is 4.